The highest BCUT2D eigenvalue weighted by atomic mass is 32.1. The summed E-state index contributed by atoms with van der Waals surface area (Å²) >= 11 is 1.43. The average Bonchev–Trinajstić information content (AvgIpc) is 2.65. The van der Waals surface area contributed by atoms with Crippen molar-refractivity contribution in [3.63, 3.8) is 0 Å². The molecule has 0 radical (unpaired) electrons. The molecule has 1 heterocycles. The first-order chi connectivity index (χ1) is 7.11. The molecule has 4 heteroatoms. The molecule has 1 aromatic heterocycles. The number of rotatable bonds is 4. The van der Waals surface area contributed by atoms with Gasteiger partial charge < -0.3 is 9.64 Å². The van der Waals surface area contributed by atoms with Crippen molar-refractivity contribution < 1.29 is 9.53 Å². The van der Waals surface area contributed by atoms with Crippen molar-refractivity contribution in [3.8, 4) is 5.75 Å². The minimum absolute atomic E-state index is 0.0550. The van der Waals surface area contributed by atoms with Gasteiger partial charge in [-0.2, -0.15) is 0 Å². The Balaban J connectivity index is 2.92. The zero-order valence-electron chi connectivity index (χ0n) is 9.61. The van der Waals surface area contributed by atoms with E-state index >= 15 is 0 Å². The van der Waals surface area contributed by atoms with E-state index in [2.05, 4.69) is 0 Å². The van der Waals surface area contributed by atoms with Gasteiger partial charge in [-0.15, -0.1) is 11.3 Å². The molecule has 1 aromatic rings. The van der Waals surface area contributed by atoms with E-state index in [0.29, 0.717) is 10.6 Å². The maximum Gasteiger partial charge on any atom is 0.267 e. The number of nitrogens with zero attached hydrogens (tertiary/aromatic N) is 1. The van der Waals surface area contributed by atoms with E-state index in [9.17, 15) is 4.79 Å². The topological polar surface area (TPSA) is 29.5 Å². The van der Waals surface area contributed by atoms with Gasteiger partial charge in [-0.3, -0.25) is 4.79 Å². The number of hydrogen-bond donors (Lipinski definition) is 0. The van der Waals surface area contributed by atoms with Crippen LogP contribution in [0.15, 0.2) is 11.4 Å². The summed E-state index contributed by atoms with van der Waals surface area (Å²) in [5.74, 6) is 0.725. The van der Waals surface area contributed by atoms with Gasteiger partial charge in [-0.1, -0.05) is 0 Å². The predicted molar refractivity (Wildman–Crippen MR) is 62.7 cm³/mol. The zero-order chi connectivity index (χ0) is 11.4. The molecule has 0 spiro atoms. The summed E-state index contributed by atoms with van der Waals surface area (Å²) in [6, 6.07) is 2.04. The van der Waals surface area contributed by atoms with Crippen LogP contribution in [-0.4, -0.2) is 30.5 Å². The molecule has 0 saturated carbocycles. The van der Waals surface area contributed by atoms with E-state index in [4.69, 9.17) is 4.74 Å². The Morgan fingerprint density at radius 3 is 2.73 bits per heavy atom. The van der Waals surface area contributed by atoms with Gasteiger partial charge in [0.2, 0.25) is 0 Å². The smallest absolute Gasteiger partial charge is 0.267 e. The molecule has 0 bridgehead atoms. The second-order valence-electron chi connectivity index (χ2n) is 3.50. The average molecular weight is 227 g/mol. The van der Waals surface area contributed by atoms with Crippen LogP contribution in [0.4, 0.5) is 0 Å². The highest BCUT2D eigenvalue weighted by molar-refractivity contribution is 7.12. The normalized spacial score (nSPS) is 10.5. The molecule has 3 nitrogen and oxygen atoms in total. The molecule has 0 aliphatic carbocycles. The Morgan fingerprint density at radius 2 is 2.27 bits per heavy atom. The van der Waals surface area contributed by atoms with Crippen LogP contribution in [0.1, 0.15) is 30.4 Å². The van der Waals surface area contributed by atoms with Crippen molar-refractivity contribution in [2.45, 2.75) is 26.8 Å². The number of hydrogen-bond acceptors (Lipinski definition) is 3. The minimum atomic E-state index is 0.0550. The minimum Gasteiger partial charge on any atom is -0.495 e. The predicted octanol–water partition coefficient (Wildman–Crippen LogP) is 2.63. The van der Waals surface area contributed by atoms with Crippen molar-refractivity contribution in [1.82, 2.24) is 4.90 Å². The van der Waals surface area contributed by atoms with Crippen LogP contribution in [0.3, 0.4) is 0 Å². The lowest BCUT2D eigenvalue weighted by Gasteiger charge is -2.24. The van der Waals surface area contributed by atoms with E-state index in [1.165, 1.54) is 11.3 Å². The zero-order valence-corrected chi connectivity index (χ0v) is 10.4. The first-order valence-electron chi connectivity index (χ1n) is 5.04. The highest BCUT2D eigenvalue weighted by Crippen LogP contribution is 2.26. The van der Waals surface area contributed by atoms with E-state index < -0.39 is 0 Å². The quantitative estimate of drug-likeness (QED) is 0.791. The van der Waals surface area contributed by atoms with Crippen LogP contribution in [0, 0.1) is 0 Å². The molecule has 84 valence electrons. The molecule has 0 aliphatic heterocycles. The Hall–Kier alpha value is -1.03. The molecule has 1 rings (SSSR count). The molecule has 0 aromatic carbocycles. The highest BCUT2D eigenvalue weighted by Gasteiger charge is 2.21. The van der Waals surface area contributed by atoms with Gasteiger partial charge in [0.05, 0.1) is 7.11 Å². The van der Waals surface area contributed by atoms with Gasteiger partial charge >= 0.3 is 0 Å². The Kier molecular flexibility index (Phi) is 4.15. The van der Waals surface area contributed by atoms with Crippen molar-refractivity contribution in [1.29, 1.82) is 0 Å². The second-order valence-corrected chi connectivity index (χ2v) is 4.42. The summed E-state index contributed by atoms with van der Waals surface area (Å²) in [5, 5.41) is 1.88. The number of thiophene rings is 1. The number of amides is 1. The molecular weight excluding hydrogens is 210 g/mol. The van der Waals surface area contributed by atoms with Gasteiger partial charge in [0.1, 0.15) is 10.6 Å². The molecule has 0 unspecified atom stereocenters. The Bertz CT molecular complexity index is 333. The molecule has 0 fully saturated rings. The van der Waals surface area contributed by atoms with Crippen LogP contribution in [0.25, 0.3) is 0 Å². The van der Waals surface area contributed by atoms with Gasteiger partial charge in [-0.05, 0) is 32.2 Å². The molecular formula is C11H17NO2S. The summed E-state index contributed by atoms with van der Waals surface area (Å²) in [6.45, 7) is 6.73. The Morgan fingerprint density at radius 1 is 1.60 bits per heavy atom. The van der Waals surface area contributed by atoms with Crippen LogP contribution < -0.4 is 4.74 Å². The van der Waals surface area contributed by atoms with Crippen molar-refractivity contribution in [2.75, 3.05) is 13.7 Å². The summed E-state index contributed by atoms with van der Waals surface area (Å²) in [5.41, 5.74) is 0. The number of ether oxygens (including phenoxy) is 1. The van der Waals surface area contributed by atoms with E-state index in [1.54, 1.807) is 7.11 Å². The lowest BCUT2D eigenvalue weighted by molar-refractivity contribution is 0.0719. The van der Waals surface area contributed by atoms with Crippen molar-refractivity contribution in [3.05, 3.63) is 16.3 Å². The summed E-state index contributed by atoms with van der Waals surface area (Å²) in [7, 11) is 1.59. The molecule has 0 aliphatic rings. The first-order valence-corrected chi connectivity index (χ1v) is 5.92. The molecule has 1 amide bonds. The van der Waals surface area contributed by atoms with Gasteiger partial charge in [0.15, 0.2) is 0 Å². The monoisotopic (exact) mass is 227 g/mol. The fourth-order valence-corrected chi connectivity index (χ4v) is 2.30. The van der Waals surface area contributed by atoms with Crippen LogP contribution in [0.2, 0.25) is 0 Å². The molecule has 0 saturated heterocycles. The third kappa shape index (κ3) is 2.50. The maximum absolute atomic E-state index is 12.1. The van der Waals surface area contributed by atoms with E-state index in [0.717, 1.165) is 6.54 Å². The van der Waals surface area contributed by atoms with E-state index in [-0.39, 0.29) is 11.9 Å². The molecule has 0 N–H and O–H groups in total. The lowest BCUT2D eigenvalue weighted by atomic mass is 10.3. The third-order valence-electron chi connectivity index (χ3n) is 2.27. The maximum atomic E-state index is 12.1. The summed E-state index contributed by atoms with van der Waals surface area (Å²) in [6.07, 6.45) is 0. The lowest BCUT2D eigenvalue weighted by Crippen LogP contribution is -2.36. The summed E-state index contributed by atoms with van der Waals surface area (Å²) < 4.78 is 5.14. The fraction of sp³-hybridized carbons (Fsp3) is 0.545. The van der Waals surface area contributed by atoms with Crippen LogP contribution in [0.5, 0.6) is 5.75 Å². The van der Waals surface area contributed by atoms with E-state index in [1.807, 2.05) is 37.1 Å². The Labute approximate surface area is 94.7 Å². The SMILES string of the molecule is CCN(C(=O)c1sccc1OC)C(C)C. The molecule has 0 atom stereocenters. The van der Waals surface area contributed by atoms with Gasteiger partial charge in [0, 0.05) is 12.6 Å². The largest absolute Gasteiger partial charge is 0.495 e. The second kappa shape index (κ2) is 5.16. The van der Waals surface area contributed by atoms with Crippen molar-refractivity contribution >= 4 is 17.2 Å². The number of carbonyl (C=O) groups is 1. The number of carbonyl (C=O) groups excluding carboxylic acids is 1. The van der Waals surface area contributed by atoms with Gasteiger partial charge in [-0.25, -0.2) is 0 Å². The van der Waals surface area contributed by atoms with Gasteiger partial charge in [0.25, 0.3) is 5.91 Å². The first kappa shape index (κ1) is 12.0. The summed E-state index contributed by atoms with van der Waals surface area (Å²) in [4.78, 5) is 14.6. The molecule has 15 heavy (non-hydrogen) atoms. The standard InChI is InChI=1S/C11H17NO2S/c1-5-12(8(2)3)11(13)10-9(14-4)6-7-15-10/h6-8H,5H2,1-4H3. The van der Waals surface area contributed by atoms with Crippen LogP contribution in [-0.2, 0) is 0 Å². The van der Waals surface area contributed by atoms with Crippen LogP contribution >= 0.6 is 11.3 Å². The fourth-order valence-electron chi connectivity index (χ4n) is 1.49. The number of methoxy groups -OCH3 is 1. The third-order valence-corrected chi connectivity index (χ3v) is 3.15. The van der Waals surface area contributed by atoms with Crippen molar-refractivity contribution in [2.24, 2.45) is 0 Å².